The van der Waals surface area contributed by atoms with Crippen molar-refractivity contribution < 1.29 is 23.5 Å². The number of nitrogens with zero attached hydrogens (tertiary/aromatic N) is 1. The Bertz CT molecular complexity index is 1160. The van der Waals surface area contributed by atoms with Crippen molar-refractivity contribution in [3.05, 3.63) is 63.8 Å². The maximum absolute atomic E-state index is 14.8. The molecule has 1 aromatic heterocycles. The van der Waals surface area contributed by atoms with Crippen molar-refractivity contribution in [3.8, 4) is 5.75 Å². The zero-order chi connectivity index (χ0) is 22.2. The van der Waals surface area contributed by atoms with Crippen LogP contribution >= 0.6 is 11.6 Å². The van der Waals surface area contributed by atoms with Gasteiger partial charge >= 0.3 is 0 Å². The Kier molecular flexibility index (Phi) is 6.12. The van der Waals surface area contributed by atoms with Crippen LogP contribution in [0.25, 0.3) is 10.9 Å². The molecule has 0 radical (unpaired) electrons. The van der Waals surface area contributed by atoms with Gasteiger partial charge in [-0.1, -0.05) is 18.5 Å². The number of aromatic hydroxyl groups is 1. The van der Waals surface area contributed by atoms with Gasteiger partial charge in [-0.3, -0.25) is 14.2 Å². The quantitative estimate of drug-likeness (QED) is 0.609. The highest BCUT2D eigenvalue weighted by atomic mass is 35.5. The zero-order valence-electron chi connectivity index (χ0n) is 16.7. The van der Waals surface area contributed by atoms with E-state index < -0.39 is 23.3 Å². The predicted molar refractivity (Wildman–Crippen MR) is 111 cm³/mol. The first-order valence-corrected chi connectivity index (χ1v) is 9.83. The molecule has 2 aromatic carbocycles. The van der Waals surface area contributed by atoms with E-state index in [0.717, 1.165) is 18.6 Å². The third kappa shape index (κ3) is 3.89. The predicted octanol–water partition coefficient (Wildman–Crippen LogP) is 4.73. The van der Waals surface area contributed by atoms with E-state index in [9.17, 15) is 23.5 Å². The number of amides is 1. The highest BCUT2D eigenvalue weighted by Gasteiger charge is 2.25. The molecule has 1 amide bonds. The molecule has 0 aliphatic carbocycles. The minimum absolute atomic E-state index is 0.0148. The molecular formula is C22H21ClF2N2O3. The number of carbonyl (C=O) groups is 2. The third-order valence-corrected chi connectivity index (χ3v) is 5.45. The van der Waals surface area contributed by atoms with Crippen LogP contribution in [-0.2, 0) is 11.2 Å². The molecule has 0 saturated heterocycles. The summed E-state index contributed by atoms with van der Waals surface area (Å²) in [5, 5.41) is 12.5. The van der Waals surface area contributed by atoms with Crippen molar-refractivity contribution in [1.29, 1.82) is 0 Å². The molecule has 2 N–H and O–H groups in total. The number of hydrogen-bond acceptors (Lipinski definition) is 3. The number of phenols is 1. The van der Waals surface area contributed by atoms with Crippen LogP contribution in [0.4, 0.5) is 8.78 Å². The molecule has 0 aliphatic heterocycles. The van der Waals surface area contributed by atoms with Crippen LogP contribution < -0.4 is 5.32 Å². The maximum Gasteiger partial charge on any atom is 0.262 e. The van der Waals surface area contributed by atoms with Gasteiger partial charge in [-0.25, -0.2) is 8.78 Å². The van der Waals surface area contributed by atoms with Gasteiger partial charge in [0.15, 0.2) is 11.6 Å². The van der Waals surface area contributed by atoms with Gasteiger partial charge in [0.2, 0.25) is 5.91 Å². The van der Waals surface area contributed by atoms with E-state index in [0.29, 0.717) is 5.69 Å². The van der Waals surface area contributed by atoms with Crippen LogP contribution in [0.3, 0.4) is 0 Å². The molecule has 0 bridgehead atoms. The van der Waals surface area contributed by atoms with E-state index in [1.807, 2.05) is 13.8 Å². The van der Waals surface area contributed by atoms with E-state index >= 15 is 0 Å². The molecule has 8 heteroatoms. The Hall–Kier alpha value is -2.93. The van der Waals surface area contributed by atoms with Gasteiger partial charge in [0.1, 0.15) is 5.82 Å². The molecule has 0 unspecified atom stereocenters. The van der Waals surface area contributed by atoms with Crippen molar-refractivity contribution in [2.45, 2.75) is 39.7 Å². The molecule has 30 heavy (non-hydrogen) atoms. The number of aromatic nitrogens is 1. The molecule has 0 aliphatic rings. The number of halogens is 3. The van der Waals surface area contributed by atoms with Crippen molar-refractivity contribution in [2.24, 2.45) is 0 Å². The fourth-order valence-corrected chi connectivity index (χ4v) is 3.47. The molecule has 0 fully saturated rings. The van der Waals surface area contributed by atoms with Crippen molar-refractivity contribution in [2.75, 3.05) is 0 Å². The van der Waals surface area contributed by atoms with Crippen molar-refractivity contribution >= 4 is 34.3 Å². The monoisotopic (exact) mass is 434 g/mol. The second-order valence-corrected chi connectivity index (χ2v) is 7.59. The second-order valence-electron chi connectivity index (χ2n) is 7.18. The number of carbonyl (C=O) groups excluding carboxylic acids is 2. The summed E-state index contributed by atoms with van der Waals surface area (Å²) in [6.45, 7) is 5.34. The topological polar surface area (TPSA) is 71.3 Å². The average molecular weight is 435 g/mol. The summed E-state index contributed by atoms with van der Waals surface area (Å²) in [7, 11) is 0. The van der Waals surface area contributed by atoms with Gasteiger partial charge in [0.25, 0.3) is 5.91 Å². The Morgan fingerprint density at radius 3 is 2.57 bits per heavy atom. The first-order valence-electron chi connectivity index (χ1n) is 9.46. The maximum atomic E-state index is 14.8. The molecule has 1 heterocycles. The van der Waals surface area contributed by atoms with E-state index in [1.165, 1.54) is 22.8 Å². The average Bonchev–Trinajstić information content (AvgIpc) is 2.98. The lowest BCUT2D eigenvalue weighted by atomic mass is 10.1. The smallest absolute Gasteiger partial charge is 0.262 e. The fourth-order valence-electron chi connectivity index (χ4n) is 3.35. The number of nitrogens with one attached hydrogen (secondary N) is 1. The Labute approximate surface area is 177 Å². The number of rotatable bonds is 5. The highest BCUT2D eigenvalue weighted by Crippen LogP contribution is 2.33. The lowest BCUT2D eigenvalue weighted by molar-refractivity contribution is -0.121. The van der Waals surface area contributed by atoms with E-state index in [1.54, 1.807) is 6.92 Å². The molecule has 0 spiro atoms. The molecule has 0 saturated carbocycles. The Morgan fingerprint density at radius 2 is 1.93 bits per heavy atom. The van der Waals surface area contributed by atoms with Gasteiger partial charge in [-0.2, -0.15) is 0 Å². The summed E-state index contributed by atoms with van der Waals surface area (Å²) in [4.78, 5) is 25.6. The first kappa shape index (κ1) is 21.8. The van der Waals surface area contributed by atoms with Gasteiger partial charge < -0.3 is 10.4 Å². The Morgan fingerprint density at radius 1 is 1.23 bits per heavy atom. The minimum atomic E-state index is -0.921. The van der Waals surface area contributed by atoms with E-state index in [-0.39, 0.29) is 45.4 Å². The van der Waals surface area contributed by atoms with E-state index in [4.69, 9.17) is 11.6 Å². The first-order chi connectivity index (χ1) is 14.1. The molecule has 1 atom stereocenters. The van der Waals surface area contributed by atoms with Crippen LogP contribution in [0.5, 0.6) is 5.75 Å². The van der Waals surface area contributed by atoms with Crippen molar-refractivity contribution in [1.82, 2.24) is 9.88 Å². The zero-order valence-corrected chi connectivity index (χ0v) is 17.5. The molecule has 3 aromatic rings. The molecule has 3 rings (SSSR count). The summed E-state index contributed by atoms with van der Waals surface area (Å²) in [6.07, 6.45) is 0.546. The van der Waals surface area contributed by atoms with Gasteiger partial charge in [0.05, 0.1) is 17.0 Å². The van der Waals surface area contributed by atoms with Gasteiger partial charge in [-0.05, 0) is 56.2 Å². The number of phenolic OH excluding ortho intramolecular Hbond substituents is 1. The largest absolute Gasteiger partial charge is 0.505 e. The summed E-state index contributed by atoms with van der Waals surface area (Å²) in [5.41, 5.74) is 0.798. The highest BCUT2D eigenvalue weighted by molar-refractivity contribution is 6.30. The van der Waals surface area contributed by atoms with Crippen LogP contribution in [0, 0.1) is 18.6 Å². The lowest BCUT2D eigenvalue weighted by Crippen LogP contribution is -2.33. The van der Waals surface area contributed by atoms with Gasteiger partial charge in [0, 0.05) is 22.7 Å². The number of fused-ring (bicyclic) bond motifs is 1. The van der Waals surface area contributed by atoms with E-state index in [2.05, 4.69) is 5.32 Å². The van der Waals surface area contributed by atoms with Gasteiger partial charge in [-0.15, -0.1) is 0 Å². The minimum Gasteiger partial charge on any atom is -0.505 e. The number of hydrogen-bond donors (Lipinski definition) is 2. The second kappa shape index (κ2) is 8.44. The lowest BCUT2D eigenvalue weighted by Gasteiger charge is -2.12. The summed E-state index contributed by atoms with van der Waals surface area (Å²) in [6, 6.07) is 6.08. The summed E-state index contributed by atoms with van der Waals surface area (Å²) in [5.74, 6) is -3.21. The number of benzene rings is 2. The van der Waals surface area contributed by atoms with Crippen LogP contribution in [0.1, 0.15) is 41.9 Å². The SMILES string of the molecule is CC[C@H](C)NC(=O)Cc1c(C)n(C(=O)c2ccc(Cl)c(F)c2)c2ccc(O)c(F)c12. The Balaban J connectivity index is 2.17. The summed E-state index contributed by atoms with van der Waals surface area (Å²) < 4.78 is 29.9. The van der Waals surface area contributed by atoms with Crippen LogP contribution in [0.15, 0.2) is 30.3 Å². The molecule has 5 nitrogen and oxygen atoms in total. The molecule has 158 valence electrons. The third-order valence-electron chi connectivity index (χ3n) is 5.14. The normalized spacial score (nSPS) is 12.2. The summed E-state index contributed by atoms with van der Waals surface area (Å²) >= 11 is 5.70. The van der Waals surface area contributed by atoms with Crippen molar-refractivity contribution in [3.63, 3.8) is 0 Å². The fraction of sp³-hybridized carbons (Fsp3) is 0.273. The van der Waals surface area contributed by atoms with Crippen LogP contribution in [-0.4, -0.2) is 27.5 Å². The standard InChI is InChI=1S/C22H21ClF2N2O3/c1-4-11(2)26-19(29)10-14-12(3)27(17-7-8-18(28)21(25)20(14)17)22(30)13-5-6-15(23)16(24)9-13/h5-9,11,28H,4,10H2,1-3H3,(H,26,29)/t11-/m0/s1. The molecular weight excluding hydrogens is 414 g/mol. The van der Waals surface area contributed by atoms with Crippen LogP contribution in [0.2, 0.25) is 5.02 Å².